The fraction of sp³-hybridized carbons (Fsp3) is 0.125. The van der Waals surface area contributed by atoms with Crippen LogP contribution in [-0.4, -0.2) is 16.7 Å². The molecule has 0 unspecified atom stereocenters. The number of phenols is 1. The summed E-state index contributed by atoms with van der Waals surface area (Å²) in [5.41, 5.74) is 5.26. The lowest BCUT2D eigenvalue weighted by Crippen LogP contribution is -2.19. The summed E-state index contributed by atoms with van der Waals surface area (Å²) in [6.07, 6.45) is 0. The second-order valence-corrected chi connectivity index (χ2v) is 4.52. The van der Waals surface area contributed by atoms with Gasteiger partial charge in [0.05, 0.1) is 5.71 Å². The van der Waals surface area contributed by atoms with Gasteiger partial charge in [-0.05, 0) is 38.1 Å². The molecule has 2 aromatic carbocycles. The molecule has 4 nitrogen and oxygen atoms in total. The van der Waals surface area contributed by atoms with Crippen LogP contribution in [0.4, 0.5) is 0 Å². The van der Waals surface area contributed by atoms with E-state index in [1.807, 2.05) is 19.1 Å². The van der Waals surface area contributed by atoms with E-state index in [1.54, 1.807) is 43.3 Å². The van der Waals surface area contributed by atoms with E-state index in [0.29, 0.717) is 16.8 Å². The molecule has 0 aromatic heterocycles. The Labute approximate surface area is 117 Å². The third kappa shape index (κ3) is 3.23. The SMILES string of the molecule is CC(=NNC(=O)c1ccc(C)cc1)c1ccccc1O. The minimum absolute atomic E-state index is 0.137. The van der Waals surface area contributed by atoms with Crippen molar-refractivity contribution in [2.45, 2.75) is 13.8 Å². The number of hydrazone groups is 1. The van der Waals surface area contributed by atoms with Gasteiger partial charge in [-0.25, -0.2) is 5.43 Å². The van der Waals surface area contributed by atoms with Gasteiger partial charge in [0.1, 0.15) is 5.75 Å². The van der Waals surface area contributed by atoms with E-state index in [1.165, 1.54) is 0 Å². The molecular formula is C16H16N2O2. The number of aryl methyl sites for hydroxylation is 1. The van der Waals surface area contributed by atoms with Gasteiger partial charge in [0.2, 0.25) is 0 Å². The molecule has 0 atom stereocenters. The molecule has 0 fully saturated rings. The van der Waals surface area contributed by atoms with Gasteiger partial charge < -0.3 is 5.11 Å². The van der Waals surface area contributed by atoms with Crippen molar-refractivity contribution in [3.05, 3.63) is 65.2 Å². The highest BCUT2D eigenvalue weighted by molar-refractivity contribution is 6.02. The lowest BCUT2D eigenvalue weighted by molar-refractivity contribution is 0.0955. The van der Waals surface area contributed by atoms with Crippen LogP contribution in [0.25, 0.3) is 0 Å². The summed E-state index contributed by atoms with van der Waals surface area (Å²) in [4.78, 5) is 11.9. The van der Waals surface area contributed by atoms with Crippen LogP contribution in [0.3, 0.4) is 0 Å². The number of benzene rings is 2. The van der Waals surface area contributed by atoms with E-state index in [4.69, 9.17) is 0 Å². The van der Waals surface area contributed by atoms with Crippen molar-refractivity contribution in [2.75, 3.05) is 0 Å². The number of amides is 1. The van der Waals surface area contributed by atoms with Crippen molar-refractivity contribution >= 4 is 11.6 Å². The van der Waals surface area contributed by atoms with Gasteiger partial charge in [0.25, 0.3) is 5.91 Å². The van der Waals surface area contributed by atoms with Crippen molar-refractivity contribution in [1.29, 1.82) is 0 Å². The van der Waals surface area contributed by atoms with Gasteiger partial charge in [-0.2, -0.15) is 5.10 Å². The Balaban J connectivity index is 2.11. The number of nitrogens with zero attached hydrogens (tertiary/aromatic N) is 1. The zero-order valence-electron chi connectivity index (χ0n) is 11.4. The molecule has 0 aliphatic rings. The van der Waals surface area contributed by atoms with Crippen LogP contribution in [0.2, 0.25) is 0 Å². The van der Waals surface area contributed by atoms with E-state index in [-0.39, 0.29) is 11.7 Å². The summed E-state index contributed by atoms with van der Waals surface area (Å²) >= 11 is 0. The Morgan fingerprint density at radius 3 is 2.40 bits per heavy atom. The fourth-order valence-corrected chi connectivity index (χ4v) is 1.74. The van der Waals surface area contributed by atoms with Crippen molar-refractivity contribution < 1.29 is 9.90 Å². The predicted molar refractivity (Wildman–Crippen MR) is 79.0 cm³/mol. The number of para-hydroxylation sites is 1. The highest BCUT2D eigenvalue weighted by Gasteiger charge is 2.06. The van der Waals surface area contributed by atoms with Gasteiger partial charge in [-0.15, -0.1) is 0 Å². The summed E-state index contributed by atoms with van der Waals surface area (Å²) in [5, 5.41) is 13.7. The van der Waals surface area contributed by atoms with Crippen LogP contribution in [0.1, 0.15) is 28.4 Å². The van der Waals surface area contributed by atoms with E-state index in [0.717, 1.165) is 5.56 Å². The zero-order valence-corrected chi connectivity index (χ0v) is 11.4. The van der Waals surface area contributed by atoms with Crippen LogP contribution in [0, 0.1) is 6.92 Å². The van der Waals surface area contributed by atoms with Crippen molar-refractivity contribution in [2.24, 2.45) is 5.10 Å². The smallest absolute Gasteiger partial charge is 0.271 e. The quantitative estimate of drug-likeness (QED) is 0.664. The highest BCUT2D eigenvalue weighted by atomic mass is 16.3. The van der Waals surface area contributed by atoms with Crippen LogP contribution in [-0.2, 0) is 0 Å². The molecule has 0 spiro atoms. The topological polar surface area (TPSA) is 61.7 Å². The maximum absolute atomic E-state index is 11.9. The molecule has 0 saturated carbocycles. The molecule has 0 aliphatic carbocycles. The first-order valence-corrected chi connectivity index (χ1v) is 6.27. The van der Waals surface area contributed by atoms with Gasteiger partial charge in [-0.3, -0.25) is 4.79 Å². The molecule has 0 radical (unpaired) electrons. The zero-order chi connectivity index (χ0) is 14.5. The van der Waals surface area contributed by atoms with Gasteiger partial charge in [0, 0.05) is 11.1 Å². The maximum Gasteiger partial charge on any atom is 0.271 e. The molecule has 2 rings (SSSR count). The maximum atomic E-state index is 11.9. The largest absolute Gasteiger partial charge is 0.507 e. The summed E-state index contributed by atoms with van der Waals surface area (Å²) < 4.78 is 0. The van der Waals surface area contributed by atoms with Gasteiger partial charge in [0.15, 0.2) is 0 Å². The summed E-state index contributed by atoms with van der Waals surface area (Å²) in [6, 6.07) is 14.1. The minimum Gasteiger partial charge on any atom is -0.507 e. The van der Waals surface area contributed by atoms with Gasteiger partial charge >= 0.3 is 0 Å². The Kier molecular flexibility index (Phi) is 4.15. The van der Waals surface area contributed by atoms with Crippen LogP contribution < -0.4 is 5.43 Å². The molecule has 4 heteroatoms. The summed E-state index contributed by atoms with van der Waals surface area (Å²) in [6.45, 7) is 3.69. The molecule has 102 valence electrons. The van der Waals surface area contributed by atoms with Crippen LogP contribution in [0.5, 0.6) is 5.75 Å². The van der Waals surface area contributed by atoms with Gasteiger partial charge in [-0.1, -0.05) is 29.8 Å². The molecule has 0 bridgehead atoms. The number of carbonyl (C=O) groups is 1. The first-order chi connectivity index (χ1) is 9.58. The number of carbonyl (C=O) groups excluding carboxylic acids is 1. The predicted octanol–water partition coefficient (Wildman–Crippen LogP) is 2.85. The lowest BCUT2D eigenvalue weighted by Gasteiger charge is -2.05. The molecule has 20 heavy (non-hydrogen) atoms. The monoisotopic (exact) mass is 268 g/mol. The third-order valence-electron chi connectivity index (χ3n) is 2.93. The number of rotatable bonds is 3. The second kappa shape index (κ2) is 6.02. The fourth-order valence-electron chi connectivity index (χ4n) is 1.74. The number of phenolic OH excluding ortho intramolecular Hbond substituents is 1. The normalized spacial score (nSPS) is 11.2. The standard InChI is InChI=1S/C16H16N2O2/c1-11-7-9-13(10-8-11)16(20)18-17-12(2)14-5-3-4-6-15(14)19/h3-10,19H,1-2H3,(H,18,20). The van der Waals surface area contributed by atoms with Crippen molar-refractivity contribution in [3.63, 3.8) is 0 Å². The Morgan fingerprint density at radius 1 is 1.10 bits per heavy atom. The van der Waals surface area contributed by atoms with Crippen molar-refractivity contribution in [3.8, 4) is 5.75 Å². The molecule has 2 N–H and O–H groups in total. The molecule has 2 aromatic rings. The van der Waals surface area contributed by atoms with E-state index >= 15 is 0 Å². The van der Waals surface area contributed by atoms with E-state index in [9.17, 15) is 9.90 Å². The average Bonchev–Trinajstić information content (AvgIpc) is 2.45. The third-order valence-corrected chi connectivity index (χ3v) is 2.93. The number of aromatic hydroxyl groups is 1. The van der Waals surface area contributed by atoms with Crippen LogP contribution >= 0.6 is 0 Å². The Hall–Kier alpha value is -2.62. The van der Waals surface area contributed by atoms with E-state index in [2.05, 4.69) is 10.5 Å². The summed E-state index contributed by atoms with van der Waals surface area (Å²) in [7, 11) is 0. The molecular weight excluding hydrogens is 252 g/mol. The molecule has 0 heterocycles. The first-order valence-electron chi connectivity index (χ1n) is 6.27. The Bertz CT molecular complexity index is 646. The first kappa shape index (κ1) is 13.8. The summed E-state index contributed by atoms with van der Waals surface area (Å²) in [5.74, 6) is -0.141. The van der Waals surface area contributed by atoms with Crippen molar-refractivity contribution in [1.82, 2.24) is 5.43 Å². The second-order valence-electron chi connectivity index (χ2n) is 4.52. The number of hydrogen-bond donors (Lipinski definition) is 2. The lowest BCUT2D eigenvalue weighted by atomic mass is 10.1. The van der Waals surface area contributed by atoms with Crippen LogP contribution in [0.15, 0.2) is 53.6 Å². The number of nitrogens with one attached hydrogen (secondary N) is 1. The minimum atomic E-state index is -0.278. The average molecular weight is 268 g/mol. The Morgan fingerprint density at radius 2 is 1.75 bits per heavy atom. The van der Waals surface area contributed by atoms with E-state index < -0.39 is 0 Å². The molecule has 0 saturated heterocycles. The molecule has 1 amide bonds. The molecule has 0 aliphatic heterocycles. The highest BCUT2D eigenvalue weighted by Crippen LogP contribution is 2.16. The number of hydrogen-bond acceptors (Lipinski definition) is 3.